The van der Waals surface area contributed by atoms with E-state index >= 15 is 0 Å². The van der Waals surface area contributed by atoms with Gasteiger partial charge in [0.2, 0.25) is 0 Å². The first-order valence-electron chi connectivity index (χ1n) is 7.48. The fourth-order valence-electron chi connectivity index (χ4n) is 2.39. The zero-order valence-corrected chi connectivity index (χ0v) is 13.9. The second-order valence-corrected chi connectivity index (χ2v) is 5.08. The van der Waals surface area contributed by atoms with E-state index in [1.54, 1.807) is 0 Å². The number of hydrogen-bond acceptors (Lipinski definition) is 0. The maximum Gasteiger partial charge on any atom is 2.00 e. The Balaban J connectivity index is 0.000000160. The van der Waals surface area contributed by atoms with Crippen LogP contribution in [-0.4, -0.2) is 0 Å². The van der Waals surface area contributed by atoms with E-state index in [0.717, 1.165) is 0 Å². The van der Waals surface area contributed by atoms with E-state index in [9.17, 15) is 0 Å². The van der Waals surface area contributed by atoms with E-state index in [-0.39, 0.29) is 17.1 Å². The van der Waals surface area contributed by atoms with Crippen LogP contribution in [0.25, 0.3) is 22.3 Å². The van der Waals surface area contributed by atoms with Gasteiger partial charge >= 0.3 is 17.1 Å². The van der Waals surface area contributed by atoms with E-state index in [2.05, 4.69) is 97.1 Å². The molecule has 0 nitrogen and oxygen atoms in total. The van der Waals surface area contributed by atoms with Gasteiger partial charge in [-0.1, -0.05) is 47.5 Å². The predicted molar refractivity (Wildman–Crippen MR) is 94.9 cm³/mol. The van der Waals surface area contributed by atoms with Crippen molar-refractivity contribution in [3.63, 3.8) is 0 Å². The van der Waals surface area contributed by atoms with Crippen molar-refractivity contribution in [1.29, 1.82) is 0 Å². The third-order valence-corrected chi connectivity index (χ3v) is 3.54. The monoisotopic (exact) mass is 338 g/mol. The molecule has 0 amide bonds. The minimum absolute atomic E-state index is 0. The standard InChI is InChI=1S/2C11H9.Fe/c2*1-2-6-10(7-3-1)11-8-4-5-9-11;/h2*1-9H;/q2*-1;+2. The molecule has 1 heteroatoms. The molecule has 0 fully saturated rings. The van der Waals surface area contributed by atoms with Crippen molar-refractivity contribution in [3.8, 4) is 22.3 Å². The molecule has 0 aromatic heterocycles. The van der Waals surface area contributed by atoms with Crippen LogP contribution in [0.5, 0.6) is 0 Å². The fraction of sp³-hybridized carbons (Fsp3) is 0. The van der Waals surface area contributed by atoms with Crippen molar-refractivity contribution in [3.05, 3.63) is 109 Å². The van der Waals surface area contributed by atoms with Gasteiger partial charge in [0.1, 0.15) is 0 Å². The first-order chi connectivity index (χ1) is 10.9. The molecule has 0 saturated carbocycles. The van der Waals surface area contributed by atoms with Crippen molar-refractivity contribution in [1.82, 2.24) is 0 Å². The summed E-state index contributed by atoms with van der Waals surface area (Å²) >= 11 is 0. The van der Waals surface area contributed by atoms with Gasteiger partial charge in [-0.3, -0.25) is 0 Å². The van der Waals surface area contributed by atoms with E-state index in [1.807, 2.05) is 12.1 Å². The fourth-order valence-corrected chi connectivity index (χ4v) is 2.39. The second kappa shape index (κ2) is 8.95. The van der Waals surface area contributed by atoms with E-state index in [1.165, 1.54) is 22.3 Å². The largest absolute Gasteiger partial charge is 2.00 e. The molecule has 0 bridgehead atoms. The Hall–Kier alpha value is -2.34. The molecule has 0 heterocycles. The minimum Gasteiger partial charge on any atom is -0.152 e. The predicted octanol–water partition coefficient (Wildman–Crippen LogP) is 6.14. The second-order valence-electron chi connectivity index (χ2n) is 5.08. The molecule has 0 aliphatic heterocycles. The number of rotatable bonds is 2. The normalized spacial score (nSPS) is 9.39. The molecule has 0 N–H and O–H groups in total. The van der Waals surface area contributed by atoms with Crippen LogP contribution in [0.1, 0.15) is 0 Å². The summed E-state index contributed by atoms with van der Waals surface area (Å²) in [6, 6.07) is 37.5. The summed E-state index contributed by atoms with van der Waals surface area (Å²) in [5, 5.41) is 0. The van der Waals surface area contributed by atoms with Crippen molar-refractivity contribution in [2.75, 3.05) is 0 Å². The molecule has 0 aliphatic rings. The zero-order valence-electron chi connectivity index (χ0n) is 12.7. The SMILES string of the molecule is [Fe+2].c1ccc(-[c-]2cccc2)cc1.c1ccc(-[c-]2cccc2)cc1. The van der Waals surface area contributed by atoms with Crippen molar-refractivity contribution >= 4 is 0 Å². The average Bonchev–Trinajstić information content (AvgIpc) is 3.31. The van der Waals surface area contributed by atoms with E-state index in [4.69, 9.17) is 0 Å². The smallest absolute Gasteiger partial charge is 0.152 e. The molecule has 0 unspecified atom stereocenters. The van der Waals surface area contributed by atoms with Gasteiger partial charge in [-0.2, -0.15) is 24.3 Å². The summed E-state index contributed by atoms with van der Waals surface area (Å²) in [5.74, 6) is 0. The van der Waals surface area contributed by atoms with Gasteiger partial charge in [-0.25, -0.2) is 0 Å². The van der Waals surface area contributed by atoms with Gasteiger partial charge in [0.05, 0.1) is 0 Å². The molecule has 4 aromatic rings. The molecule has 4 rings (SSSR count). The third-order valence-electron chi connectivity index (χ3n) is 3.54. The maximum absolute atomic E-state index is 2.12. The molecular weight excluding hydrogens is 320 g/mol. The average molecular weight is 338 g/mol. The molecule has 0 spiro atoms. The summed E-state index contributed by atoms with van der Waals surface area (Å²) in [5.41, 5.74) is 5.17. The van der Waals surface area contributed by atoms with Crippen LogP contribution in [0.15, 0.2) is 109 Å². The van der Waals surface area contributed by atoms with Crippen LogP contribution in [0, 0.1) is 0 Å². The third kappa shape index (κ3) is 4.82. The van der Waals surface area contributed by atoms with E-state index < -0.39 is 0 Å². The Morgan fingerprint density at radius 3 is 1.00 bits per heavy atom. The summed E-state index contributed by atoms with van der Waals surface area (Å²) in [6.07, 6.45) is 0. The molecular formula is C22H18Fe. The minimum atomic E-state index is 0. The summed E-state index contributed by atoms with van der Waals surface area (Å²) in [7, 11) is 0. The first kappa shape index (κ1) is 17.0. The van der Waals surface area contributed by atoms with Gasteiger partial charge in [0, 0.05) is 0 Å². The molecule has 4 aromatic carbocycles. The first-order valence-corrected chi connectivity index (χ1v) is 7.48. The van der Waals surface area contributed by atoms with Crippen LogP contribution < -0.4 is 0 Å². The maximum atomic E-state index is 2.12. The van der Waals surface area contributed by atoms with Gasteiger partial charge in [0.15, 0.2) is 0 Å². The van der Waals surface area contributed by atoms with Crippen molar-refractivity contribution in [2.24, 2.45) is 0 Å². The number of hydrogen-bond donors (Lipinski definition) is 0. The Morgan fingerprint density at radius 1 is 0.391 bits per heavy atom. The quantitative estimate of drug-likeness (QED) is 0.304. The van der Waals surface area contributed by atoms with Gasteiger partial charge in [0.25, 0.3) is 0 Å². The summed E-state index contributed by atoms with van der Waals surface area (Å²) in [6.45, 7) is 0. The molecule has 0 aliphatic carbocycles. The van der Waals surface area contributed by atoms with Gasteiger partial charge < -0.3 is 0 Å². The summed E-state index contributed by atoms with van der Waals surface area (Å²) in [4.78, 5) is 0. The van der Waals surface area contributed by atoms with Crippen LogP contribution in [0.3, 0.4) is 0 Å². The molecule has 23 heavy (non-hydrogen) atoms. The Labute approximate surface area is 148 Å². The van der Waals surface area contributed by atoms with Gasteiger partial charge in [-0.15, -0.1) is 59.7 Å². The zero-order chi connectivity index (χ0) is 15.0. The van der Waals surface area contributed by atoms with Crippen LogP contribution >= 0.6 is 0 Å². The molecule has 0 radical (unpaired) electrons. The van der Waals surface area contributed by atoms with Crippen molar-refractivity contribution < 1.29 is 17.1 Å². The Kier molecular flexibility index (Phi) is 6.62. The Bertz CT molecular complexity index is 682. The van der Waals surface area contributed by atoms with Gasteiger partial charge in [-0.05, 0) is 0 Å². The molecule has 114 valence electrons. The Morgan fingerprint density at radius 2 is 0.696 bits per heavy atom. The van der Waals surface area contributed by atoms with Crippen LogP contribution in [0.4, 0.5) is 0 Å². The van der Waals surface area contributed by atoms with Crippen LogP contribution in [0.2, 0.25) is 0 Å². The molecule has 0 atom stereocenters. The van der Waals surface area contributed by atoms with Crippen LogP contribution in [-0.2, 0) is 17.1 Å². The molecule has 0 saturated heterocycles. The van der Waals surface area contributed by atoms with E-state index in [0.29, 0.717) is 0 Å². The topological polar surface area (TPSA) is 0 Å². The number of benzene rings is 2. The summed E-state index contributed by atoms with van der Waals surface area (Å²) < 4.78 is 0. The van der Waals surface area contributed by atoms with Crippen molar-refractivity contribution in [2.45, 2.75) is 0 Å².